The molecule has 2 heterocycles. The predicted octanol–water partition coefficient (Wildman–Crippen LogP) is 4.27. The number of benzene rings is 2. The van der Waals surface area contributed by atoms with Crippen molar-refractivity contribution >= 4 is 46.3 Å². The van der Waals surface area contributed by atoms with Gasteiger partial charge in [-0.05, 0) is 36.8 Å². The van der Waals surface area contributed by atoms with E-state index >= 15 is 0 Å². The normalized spacial score (nSPS) is 15.2. The molecule has 156 valence electrons. The van der Waals surface area contributed by atoms with Crippen LogP contribution in [0.15, 0.2) is 59.6 Å². The van der Waals surface area contributed by atoms with E-state index in [1.165, 1.54) is 6.07 Å². The number of aromatic nitrogens is 2. The third-order valence-corrected chi connectivity index (χ3v) is 6.04. The van der Waals surface area contributed by atoms with Crippen LogP contribution in [0.4, 0.5) is 4.39 Å². The van der Waals surface area contributed by atoms with Gasteiger partial charge in [0, 0.05) is 17.3 Å². The SMILES string of the molecule is Cc1ccc(-c2nn(-c3ccccc3)cc2/C=C2/SC(=S)N(CC(=O)O)C2=O)cc1F. The summed E-state index contributed by atoms with van der Waals surface area (Å²) in [6.45, 7) is 1.18. The number of hydrogen-bond donors (Lipinski definition) is 1. The number of halogens is 1. The van der Waals surface area contributed by atoms with Gasteiger partial charge in [-0.1, -0.05) is 54.3 Å². The van der Waals surface area contributed by atoms with E-state index in [0.29, 0.717) is 22.4 Å². The topological polar surface area (TPSA) is 75.4 Å². The van der Waals surface area contributed by atoms with E-state index in [9.17, 15) is 14.0 Å². The van der Waals surface area contributed by atoms with Crippen LogP contribution in [0.25, 0.3) is 23.0 Å². The zero-order valence-corrected chi connectivity index (χ0v) is 17.9. The fourth-order valence-electron chi connectivity index (χ4n) is 3.08. The Kier molecular flexibility index (Phi) is 5.71. The Labute approximate surface area is 187 Å². The van der Waals surface area contributed by atoms with Gasteiger partial charge in [-0.3, -0.25) is 14.5 Å². The first-order valence-corrected chi connectivity index (χ1v) is 10.4. The lowest BCUT2D eigenvalue weighted by Gasteiger charge is -2.10. The number of carboxylic acids is 1. The molecule has 1 N–H and O–H groups in total. The lowest BCUT2D eigenvalue weighted by atomic mass is 10.1. The number of hydrogen-bond acceptors (Lipinski definition) is 5. The largest absolute Gasteiger partial charge is 0.480 e. The number of para-hydroxylation sites is 1. The maximum absolute atomic E-state index is 14.2. The fourth-order valence-corrected chi connectivity index (χ4v) is 4.33. The van der Waals surface area contributed by atoms with Crippen molar-refractivity contribution in [3.05, 3.63) is 76.6 Å². The van der Waals surface area contributed by atoms with Crippen LogP contribution in [0.2, 0.25) is 0 Å². The van der Waals surface area contributed by atoms with Gasteiger partial charge in [0.1, 0.15) is 22.4 Å². The molecule has 0 atom stereocenters. The average molecular weight is 454 g/mol. The van der Waals surface area contributed by atoms with Gasteiger partial charge < -0.3 is 5.11 Å². The zero-order chi connectivity index (χ0) is 22.1. The standard InChI is InChI=1S/C22H16FN3O3S2/c1-13-7-8-14(9-17(13)23)20-15(11-26(24-20)16-5-3-2-4-6-16)10-18-21(29)25(12-19(27)28)22(30)31-18/h2-11H,12H2,1H3,(H,27,28)/b18-10+. The van der Waals surface area contributed by atoms with Crippen molar-refractivity contribution in [1.82, 2.24) is 14.7 Å². The number of carboxylic acid groups (broad SMARTS) is 1. The van der Waals surface area contributed by atoms with E-state index in [-0.39, 0.29) is 15.0 Å². The first-order chi connectivity index (χ1) is 14.8. The van der Waals surface area contributed by atoms with Gasteiger partial charge in [0.25, 0.3) is 5.91 Å². The van der Waals surface area contributed by atoms with Gasteiger partial charge in [0.2, 0.25) is 0 Å². The summed E-state index contributed by atoms with van der Waals surface area (Å²) in [6.07, 6.45) is 3.35. The number of nitrogens with zero attached hydrogens (tertiary/aromatic N) is 3. The highest BCUT2D eigenvalue weighted by molar-refractivity contribution is 8.26. The smallest absolute Gasteiger partial charge is 0.323 e. The van der Waals surface area contributed by atoms with Gasteiger partial charge >= 0.3 is 5.97 Å². The van der Waals surface area contributed by atoms with Gasteiger partial charge in [0.05, 0.1) is 10.6 Å². The second-order valence-electron chi connectivity index (χ2n) is 6.84. The number of thiocarbonyl (C=S) groups is 1. The van der Waals surface area contributed by atoms with E-state index < -0.39 is 18.4 Å². The third kappa shape index (κ3) is 4.28. The lowest BCUT2D eigenvalue weighted by Crippen LogP contribution is -2.33. The number of rotatable bonds is 5. The molecule has 9 heteroatoms. The van der Waals surface area contributed by atoms with Crippen molar-refractivity contribution in [3.8, 4) is 16.9 Å². The first kappa shape index (κ1) is 21.0. The van der Waals surface area contributed by atoms with Crippen molar-refractivity contribution < 1.29 is 19.1 Å². The van der Waals surface area contributed by atoms with Gasteiger partial charge in [-0.25, -0.2) is 9.07 Å². The maximum Gasteiger partial charge on any atom is 0.323 e. The Hall–Kier alpha value is -3.30. The molecule has 0 radical (unpaired) electrons. The molecule has 2 aromatic carbocycles. The summed E-state index contributed by atoms with van der Waals surface area (Å²) in [5.41, 5.74) is 2.95. The molecular weight excluding hydrogens is 437 g/mol. The van der Waals surface area contributed by atoms with Gasteiger partial charge in [-0.2, -0.15) is 5.10 Å². The van der Waals surface area contributed by atoms with E-state index in [0.717, 1.165) is 22.3 Å². The molecule has 0 unspecified atom stereocenters. The molecule has 1 aliphatic rings. The molecule has 1 amide bonds. The highest BCUT2D eigenvalue weighted by Gasteiger charge is 2.33. The first-order valence-electron chi connectivity index (χ1n) is 9.22. The van der Waals surface area contributed by atoms with Crippen LogP contribution in [0.3, 0.4) is 0 Å². The quantitative estimate of drug-likeness (QED) is 0.459. The monoisotopic (exact) mass is 453 g/mol. The molecule has 0 spiro atoms. The zero-order valence-electron chi connectivity index (χ0n) is 16.3. The average Bonchev–Trinajstić information content (AvgIpc) is 3.27. The molecule has 3 aromatic rings. The second-order valence-corrected chi connectivity index (χ2v) is 8.51. The summed E-state index contributed by atoms with van der Waals surface area (Å²) in [4.78, 5) is 25.0. The minimum Gasteiger partial charge on any atom is -0.480 e. The molecule has 1 aromatic heterocycles. The van der Waals surface area contributed by atoms with E-state index in [2.05, 4.69) is 5.10 Å². The van der Waals surface area contributed by atoms with Crippen molar-refractivity contribution in [2.45, 2.75) is 6.92 Å². The fraction of sp³-hybridized carbons (Fsp3) is 0.0909. The summed E-state index contributed by atoms with van der Waals surface area (Å²) >= 11 is 6.19. The summed E-state index contributed by atoms with van der Waals surface area (Å²) in [5.74, 6) is -1.98. The minimum atomic E-state index is -1.15. The second kappa shape index (κ2) is 8.44. The molecule has 0 saturated carbocycles. The Balaban J connectivity index is 1.81. The highest BCUT2D eigenvalue weighted by Crippen LogP contribution is 2.35. The molecule has 6 nitrogen and oxygen atoms in total. The van der Waals surface area contributed by atoms with E-state index in [4.69, 9.17) is 17.3 Å². The molecule has 1 saturated heterocycles. The van der Waals surface area contributed by atoms with Crippen LogP contribution in [0, 0.1) is 12.7 Å². The number of carbonyl (C=O) groups is 2. The Bertz CT molecular complexity index is 1240. The summed E-state index contributed by atoms with van der Waals surface area (Å²) in [7, 11) is 0. The van der Waals surface area contributed by atoms with Crippen molar-refractivity contribution in [2.24, 2.45) is 0 Å². The Morgan fingerprint density at radius 3 is 2.68 bits per heavy atom. The van der Waals surface area contributed by atoms with E-state index in [1.54, 1.807) is 36.0 Å². The molecule has 31 heavy (non-hydrogen) atoms. The maximum atomic E-state index is 14.2. The summed E-state index contributed by atoms with van der Waals surface area (Å²) in [6, 6.07) is 14.2. The Morgan fingerprint density at radius 2 is 2.00 bits per heavy atom. The van der Waals surface area contributed by atoms with Crippen LogP contribution in [-0.4, -0.2) is 42.5 Å². The number of aliphatic carboxylic acids is 1. The van der Waals surface area contributed by atoms with Crippen LogP contribution < -0.4 is 0 Å². The number of amides is 1. The third-order valence-electron chi connectivity index (χ3n) is 4.66. The Morgan fingerprint density at radius 1 is 1.26 bits per heavy atom. The van der Waals surface area contributed by atoms with Crippen molar-refractivity contribution in [3.63, 3.8) is 0 Å². The van der Waals surface area contributed by atoms with Crippen LogP contribution in [0.1, 0.15) is 11.1 Å². The van der Waals surface area contributed by atoms with Crippen molar-refractivity contribution in [1.29, 1.82) is 0 Å². The highest BCUT2D eigenvalue weighted by atomic mass is 32.2. The minimum absolute atomic E-state index is 0.178. The predicted molar refractivity (Wildman–Crippen MR) is 121 cm³/mol. The number of thioether (sulfide) groups is 1. The van der Waals surface area contributed by atoms with Crippen LogP contribution >= 0.6 is 24.0 Å². The lowest BCUT2D eigenvalue weighted by molar-refractivity contribution is -0.140. The summed E-state index contributed by atoms with van der Waals surface area (Å²) < 4.78 is 16.1. The molecule has 0 aliphatic carbocycles. The number of carbonyl (C=O) groups excluding carboxylic acids is 1. The van der Waals surface area contributed by atoms with Crippen molar-refractivity contribution in [2.75, 3.05) is 6.54 Å². The molecule has 4 rings (SSSR count). The van der Waals surface area contributed by atoms with Gasteiger partial charge in [-0.15, -0.1) is 0 Å². The summed E-state index contributed by atoms with van der Waals surface area (Å²) in [5, 5.41) is 13.6. The molecule has 1 aliphatic heterocycles. The molecular formula is C22H16FN3O3S2. The van der Waals surface area contributed by atoms with Gasteiger partial charge in [0.15, 0.2) is 0 Å². The van der Waals surface area contributed by atoms with E-state index in [1.807, 2.05) is 30.3 Å². The number of aryl methyl sites for hydroxylation is 1. The molecule has 1 fully saturated rings. The van der Waals surface area contributed by atoms with Crippen LogP contribution in [-0.2, 0) is 9.59 Å². The van der Waals surface area contributed by atoms with Crippen LogP contribution in [0.5, 0.6) is 0 Å². The molecule has 0 bridgehead atoms.